The maximum Gasteiger partial charge on any atom is 0.304 e. The van der Waals surface area contributed by atoms with E-state index in [1.54, 1.807) is 10.6 Å². The van der Waals surface area contributed by atoms with Crippen LogP contribution >= 0.6 is 0 Å². The van der Waals surface area contributed by atoms with Crippen LogP contribution in [0.4, 0.5) is 0 Å². The molecular weight excluding hydrogens is 418 g/mol. The Morgan fingerprint density at radius 3 is 2.79 bits per heavy atom. The summed E-state index contributed by atoms with van der Waals surface area (Å²) in [6.45, 7) is 4.38. The first kappa shape index (κ1) is 21.3. The Hall–Kier alpha value is -3.54. The minimum Gasteiger partial charge on any atom is -0.492 e. The van der Waals surface area contributed by atoms with Crippen molar-refractivity contribution in [1.29, 1.82) is 0 Å². The number of fused-ring (bicyclic) bond motifs is 2. The molecule has 3 aromatic rings. The number of pyridine rings is 1. The summed E-state index contributed by atoms with van der Waals surface area (Å²) in [5, 5.41) is 9.11. The van der Waals surface area contributed by atoms with Crippen LogP contribution in [0.2, 0.25) is 0 Å². The van der Waals surface area contributed by atoms with Gasteiger partial charge in [-0.2, -0.15) is 0 Å². The summed E-state index contributed by atoms with van der Waals surface area (Å²) in [5.41, 5.74) is 7.61. The molecule has 2 atom stereocenters. The topological polar surface area (TPSA) is 77.8 Å². The van der Waals surface area contributed by atoms with E-state index in [9.17, 15) is 9.59 Å². The summed E-state index contributed by atoms with van der Waals surface area (Å²) in [5.74, 6) is 0.498. The minimum atomic E-state index is -0.820. The molecular formula is C27H27NO5. The van der Waals surface area contributed by atoms with E-state index in [2.05, 4.69) is 18.2 Å². The van der Waals surface area contributed by atoms with Crippen LogP contribution in [0.1, 0.15) is 52.8 Å². The number of carboxylic acids is 1. The van der Waals surface area contributed by atoms with Gasteiger partial charge in [-0.25, -0.2) is 0 Å². The van der Waals surface area contributed by atoms with Crippen molar-refractivity contribution in [2.75, 3.05) is 6.61 Å². The lowest BCUT2D eigenvalue weighted by molar-refractivity contribution is -0.137. The molecule has 5 rings (SSSR count). The molecule has 0 spiro atoms. The smallest absolute Gasteiger partial charge is 0.304 e. The number of aryl methyl sites for hydroxylation is 1. The van der Waals surface area contributed by atoms with Crippen LogP contribution in [0, 0.1) is 13.8 Å². The Balaban J connectivity index is 1.44. The predicted molar refractivity (Wildman–Crippen MR) is 125 cm³/mol. The molecule has 170 valence electrons. The third-order valence-corrected chi connectivity index (χ3v) is 6.98. The number of hydrogen-bond acceptors (Lipinski definition) is 4. The van der Waals surface area contributed by atoms with E-state index in [0.29, 0.717) is 12.4 Å². The average molecular weight is 446 g/mol. The lowest BCUT2D eigenvalue weighted by Crippen LogP contribution is -2.19. The van der Waals surface area contributed by atoms with Crippen molar-refractivity contribution in [3.8, 4) is 22.6 Å². The van der Waals surface area contributed by atoms with Gasteiger partial charge in [0.2, 0.25) is 0 Å². The van der Waals surface area contributed by atoms with E-state index in [4.69, 9.17) is 14.6 Å². The molecule has 0 amide bonds. The molecule has 0 radical (unpaired) electrons. The number of aliphatic carboxylic acids is 1. The Morgan fingerprint density at radius 2 is 2.00 bits per heavy atom. The molecule has 1 aromatic heterocycles. The number of carboxylic acid groups (broad SMARTS) is 1. The maximum atomic E-state index is 12.2. The fourth-order valence-corrected chi connectivity index (χ4v) is 5.23. The number of aromatic nitrogens is 1. The van der Waals surface area contributed by atoms with Gasteiger partial charge in [-0.3, -0.25) is 9.59 Å². The Morgan fingerprint density at radius 1 is 1.18 bits per heavy atom. The van der Waals surface area contributed by atoms with Crippen molar-refractivity contribution >= 4 is 5.97 Å². The zero-order valence-electron chi connectivity index (χ0n) is 19.1. The average Bonchev–Trinajstić information content (AvgIpc) is 3.36. The summed E-state index contributed by atoms with van der Waals surface area (Å²) in [6, 6.07) is 13.7. The lowest BCUT2D eigenvalue weighted by Gasteiger charge is -2.18. The Labute approximate surface area is 192 Å². The van der Waals surface area contributed by atoms with Gasteiger partial charge >= 0.3 is 5.97 Å². The van der Waals surface area contributed by atoms with Gasteiger partial charge in [0.1, 0.15) is 17.6 Å². The number of benzene rings is 2. The summed E-state index contributed by atoms with van der Waals surface area (Å²) in [4.78, 5) is 23.3. The van der Waals surface area contributed by atoms with Gasteiger partial charge in [0.15, 0.2) is 0 Å². The third kappa shape index (κ3) is 3.69. The van der Waals surface area contributed by atoms with E-state index in [1.165, 1.54) is 11.1 Å². The van der Waals surface area contributed by atoms with Gasteiger partial charge in [0, 0.05) is 41.9 Å². The summed E-state index contributed by atoms with van der Waals surface area (Å²) in [7, 11) is 1.81. The Kier molecular flexibility index (Phi) is 5.23. The quantitative estimate of drug-likeness (QED) is 0.617. The second-order valence-corrected chi connectivity index (χ2v) is 9.01. The molecule has 1 aliphatic heterocycles. The second-order valence-electron chi connectivity index (χ2n) is 9.01. The molecule has 0 bridgehead atoms. The van der Waals surface area contributed by atoms with Crippen molar-refractivity contribution < 1.29 is 19.4 Å². The molecule has 1 aliphatic carbocycles. The van der Waals surface area contributed by atoms with Crippen molar-refractivity contribution in [2.24, 2.45) is 7.05 Å². The highest BCUT2D eigenvalue weighted by Crippen LogP contribution is 2.43. The summed E-state index contributed by atoms with van der Waals surface area (Å²) in [6.07, 6.45) is 1.77. The summed E-state index contributed by atoms with van der Waals surface area (Å²) >= 11 is 0. The lowest BCUT2D eigenvalue weighted by atomic mass is 9.92. The second kappa shape index (κ2) is 8.10. The fraction of sp³-hybridized carbons (Fsp3) is 0.333. The normalized spacial score (nSPS) is 18.5. The van der Waals surface area contributed by atoms with Crippen molar-refractivity contribution in [3.05, 3.63) is 80.8 Å². The number of ether oxygens (including phenoxy) is 2. The molecule has 6 heteroatoms. The van der Waals surface area contributed by atoms with Crippen LogP contribution in [-0.4, -0.2) is 22.2 Å². The minimum absolute atomic E-state index is 0.00644. The first-order valence-corrected chi connectivity index (χ1v) is 11.3. The van der Waals surface area contributed by atoms with E-state index in [-0.39, 0.29) is 24.0 Å². The Bertz CT molecular complexity index is 1320. The van der Waals surface area contributed by atoms with Gasteiger partial charge in [0.05, 0.1) is 13.0 Å². The van der Waals surface area contributed by atoms with Gasteiger partial charge in [-0.15, -0.1) is 0 Å². The van der Waals surface area contributed by atoms with E-state index < -0.39 is 5.97 Å². The highest BCUT2D eigenvalue weighted by atomic mass is 16.5. The molecule has 1 N–H and O–H groups in total. The van der Waals surface area contributed by atoms with Gasteiger partial charge in [0.25, 0.3) is 5.56 Å². The SMILES string of the molecule is Cc1cc(=O)n(C)c(C)c1-c1cccc2c1CC[C@H]2Oc1ccc2c(c1)OC[C@H]2CC(=O)O. The van der Waals surface area contributed by atoms with E-state index in [0.717, 1.165) is 46.5 Å². The van der Waals surface area contributed by atoms with Crippen LogP contribution < -0.4 is 15.0 Å². The van der Waals surface area contributed by atoms with E-state index >= 15 is 0 Å². The van der Waals surface area contributed by atoms with Crippen molar-refractivity contribution in [2.45, 2.75) is 45.1 Å². The molecule has 2 aliphatic rings. The fourth-order valence-electron chi connectivity index (χ4n) is 5.23. The molecule has 33 heavy (non-hydrogen) atoms. The molecule has 0 saturated carbocycles. The van der Waals surface area contributed by atoms with Gasteiger partial charge in [-0.1, -0.05) is 24.3 Å². The highest BCUT2D eigenvalue weighted by molar-refractivity contribution is 5.74. The molecule has 2 aromatic carbocycles. The highest BCUT2D eigenvalue weighted by Gasteiger charge is 2.30. The zero-order chi connectivity index (χ0) is 23.3. The number of rotatable bonds is 5. The standard InChI is InChI=1S/C27H27NO5/c1-15-11-25(29)28(3)16(2)27(15)22-6-4-5-21-20(22)9-10-23(21)33-18-7-8-19-17(12-26(30)31)14-32-24(19)13-18/h4-8,11,13,17,23H,9-10,12,14H2,1-3H3,(H,30,31)/t17-,23-/m1/s1. The number of hydrogen-bond donors (Lipinski definition) is 1. The van der Waals surface area contributed by atoms with Crippen molar-refractivity contribution in [1.82, 2.24) is 4.57 Å². The molecule has 0 unspecified atom stereocenters. The number of carbonyl (C=O) groups is 1. The third-order valence-electron chi connectivity index (χ3n) is 6.98. The van der Waals surface area contributed by atoms with Crippen LogP contribution in [0.5, 0.6) is 11.5 Å². The van der Waals surface area contributed by atoms with Gasteiger partial charge in [-0.05, 0) is 55.0 Å². The van der Waals surface area contributed by atoms with Crippen LogP contribution in [0.3, 0.4) is 0 Å². The predicted octanol–water partition coefficient (Wildman–Crippen LogP) is 4.69. The first-order chi connectivity index (χ1) is 15.8. The van der Waals surface area contributed by atoms with Crippen molar-refractivity contribution in [3.63, 3.8) is 0 Å². The molecule has 6 nitrogen and oxygen atoms in total. The monoisotopic (exact) mass is 445 g/mol. The van der Waals surface area contributed by atoms with Crippen LogP contribution in [0.15, 0.2) is 47.3 Å². The van der Waals surface area contributed by atoms with Gasteiger partial charge < -0.3 is 19.1 Å². The number of nitrogens with zero attached hydrogens (tertiary/aromatic N) is 1. The maximum absolute atomic E-state index is 12.2. The van der Waals surface area contributed by atoms with Crippen LogP contribution in [-0.2, 0) is 18.3 Å². The molecule has 0 fully saturated rings. The van der Waals surface area contributed by atoms with Crippen LogP contribution in [0.25, 0.3) is 11.1 Å². The first-order valence-electron chi connectivity index (χ1n) is 11.3. The zero-order valence-corrected chi connectivity index (χ0v) is 19.1. The molecule has 2 heterocycles. The summed E-state index contributed by atoms with van der Waals surface area (Å²) < 4.78 is 13.8. The largest absolute Gasteiger partial charge is 0.492 e. The van der Waals surface area contributed by atoms with E-state index in [1.807, 2.05) is 39.1 Å². The molecule has 0 saturated heterocycles.